The van der Waals surface area contributed by atoms with Crippen LogP contribution in [0.25, 0.3) is 22.1 Å². The first-order chi connectivity index (χ1) is 10.5. The van der Waals surface area contributed by atoms with E-state index in [1.54, 1.807) is 12.1 Å². The van der Waals surface area contributed by atoms with Gasteiger partial charge in [0.25, 0.3) is 0 Å². The van der Waals surface area contributed by atoms with E-state index in [1.807, 2.05) is 6.92 Å². The smallest absolute Gasteiger partial charge is 0.339 e. The Morgan fingerprint density at radius 3 is 2.77 bits per heavy atom. The number of fused-ring (bicyclic) bond motifs is 2. The van der Waals surface area contributed by atoms with Crippen molar-refractivity contribution in [1.29, 1.82) is 0 Å². The van der Waals surface area contributed by atoms with Gasteiger partial charge < -0.3 is 9.15 Å². The van der Waals surface area contributed by atoms with Gasteiger partial charge in [0, 0.05) is 5.02 Å². The number of esters is 1. The molecule has 6 heteroatoms. The van der Waals surface area contributed by atoms with Crippen LogP contribution in [0.15, 0.2) is 33.5 Å². The largest absolute Gasteiger partial charge is 0.465 e. The maximum atomic E-state index is 12.6. The van der Waals surface area contributed by atoms with Crippen LogP contribution in [0.2, 0.25) is 5.02 Å². The highest BCUT2D eigenvalue weighted by Gasteiger charge is 2.17. The SMILES string of the molecule is CCc1nc2oc3ccc(Cl)cc3c(=O)c2cc1C(=O)OC. The average molecular weight is 318 g/mol. The van der Waals surface area contributed by atoms with Crippen molar-refractivity contribution in [3.8, 4) is 0 Å². The highest BCUT2D eigenvalue weighted by atomic mass is 35.5. The van der Waals surface area contributed by atoms with Gasteiger partial charge >= 0.3 is 5.97 Å². The summed E-state index contributed by atoms with van der Waals surface area (Å²) in [4.78, 5) is 28.7. The van der Waals surface area contributed by atoms with Crippen LogP contribution in [-0.2, 0) is 11.2 Å². The molecule has 3 rings (SSSR count). The Bertz CT molecular complexity index is 962. The minimum absolute atomic E-state index is 0.198. The van der Waals surface area contributed by atoms with Gasteiger partial charge in [-0.3, -0.25) is 4.79 Å². The Labute approximate surface area is 130 Å². The molecule has 3 aromatic rings. The number of hydrogen-bond acceptors (Lipinski definition) is 5. The zero-order chi connectivity index (χ0) is 15.9. The van der Waals surface area contributed by atoms with Crippen molar-refractivity contribution >= 4 is 39.6 Å². The number of pyridine rings is 1. The number of nitrogens with zero attached hydrogens (tertiary/aromatic N) is 1. The molecule has 0 aliphatic rings. The second-order valence-corrected chi connectivity index (χ2v) is 5.19. The molecule has 5 nitrogen and oxygen atoms in total. The lowest BCUT2D eigenvalue weighted by molar-refractivity contribution is 0.0599. The molecule has 112 valence electrons. The summed E-state index contributed by atoms with van der Waals surface area (Å²) in [7, 11) is 1.29. The number of ether oxygens (including phenoxy) is 1. The maximum absolute atomic E-state index is 12.6. The fraction of sp³-hybridized carbons (Fsp3) is 0.188. The summed E-state index contributed by atoms with van der Waals surface area (Å²) in [6.07, 6.45) is 0.517. The molecule has 0 radical (unpaired) electrons. The van der Waals surface area contributed by atoms with Gasteiger partial charge in [0.05, 0.1) is 29.1 Å². The lowest BCUT2D eigenvalue weighted by Crippen LogP contribution is -2.11. The molecule has 0 saturated carbocycles. The van der Waals surface area contributed by atoms with Gasteiger partial charge in [-0.15, -0.1) is 0 Å². The molecule has 2 aromatic heterocycles. The summed E-state index contributed by atoms with van der Waals surface area (Å²) in [5.41, 5.74) is 1.12. The van der Waals surface area contributed by atoms with Crippen LogP contribution >= 0.6 is 11.6 Å². The molecule has 0 atom stereocenters. The van der Waals surface area contributed by atoms with Crippen molar-refractivity contribution in [2.75, 3.05) is 7.11 Å². The molecule has 22 heavy (non-hydrogen) atoms. The molecule has 0 fully saturated rings. The fourth-order valence-electron chi connectivity index (χ4n) is 2.35. The van der Waals surface area contributed by atoms with Crippen molar-refractivity contribution in [1.82, 2.24) is 4.98 Å². The molecular formula is C16H12ClNO4. The number of aromatic nitrogens is 1. The van der Waals surface area contributed by atoms with Crippen LogP contribution in [0, 0.1) is 0 Å². The Morgan fingerprint density at radius 2 is 2.09 bits per heavy atom. The van der Waals surface area contributed by atoms with E-state index in [9.17, 15) is 9.59 Å². The minimum Gasteiger partial charge on any atom is -0.465 e. The zero-order valence-electron chi connectivity index (χ0n) is 12.0. The number of halogens is 1. The second-order valence-electron chi connectivity index (χ2n) is 4.75. The number of carbonyl (C=O) groups is 1. The van der Waals surface area contributed by atoms with E-state index in [0.29, 0.717) is 28.1 Å². The summed E-state index contributed by atoms with van der Waals surface area (Å²) in [6, 6.07) is 6.27. The predicted molar refractivity (Wildman–Crippen MR) is 83.5 cm³/mol. The third kappa shape index (κ3) is 2.23. The Balaban J connectivity index is 2.44. The van der Waals surface area contributed by atoms with E-state index < -0.39 is 5.97 Å². The molecule has 2 heterocycles. The highest BCUT2D eigenvalue weighted by molar-refractivity contribution is 6.31. The van der Waals surface area contributed by atoms with Crippen LogP contribution in [0.1, 0.15) is 23.0 Å². The van der Waals surface area contributed by atoms with E-state index in [-0.39, 0.29) is 22.1 Å². The van der Waals surface area contributed by atoms with Gasteiger partial charge in [-0.05, 0) is 30.7 Å². The molecule has 0 unspecified atom stereocenters. The second kappa shape index (κ2) is 5.42. The Hall–Kier alpha value is -2.40. The molecule has 0 amide bonds. The first-order valence-electron chi connectivity index (χ1n) is 6.69. The van der Waals surface area contributed by atoms with Gasteiger partial charge in [0.2, 0.25) is 11.1 Å². The molecular weight excluding hydrogens is 306 g/mol. The lowest BCUT2D eigenvalue weighted by Gasteiger charge is -2.07. The third-order valence-electron chi connectivity index (χ3n) is 3.44. The molecule has 0 N–H and O–H groups in total. The number of aryl methyl sites for hydroxylation is 1. The van der Waals surface area contributed by atoms with Crippen LogP contribution in [0.5, 0.6) is 0 Å². The normalized spacial score (nSPS) is 11.0. The molecule has 0 saturated heterocycles. The highest BCUT2D eigenvalue weighted by Crippen LogP contribution is 2.22. The molecule has 1 aromatic carbocycles. The number of hydrogen-bond donors (Lipinski definition) is 0. The van der Waals surface area contributed by atoms with Crippen LogP contribution in [-0.4, -0.2) is 18.1 Å². The topological polar surface area (TPSA) is 69.4 Å². The fourth-order valence-corrected chi connectivity index (χ4v) is 2.52. The maximum Gasteiger partial charge on any atom is 0.339 e. The van der Waals surface area contributed by atoms with Gasteiger partial charge in [0.15, 0.2) is 0 Å². The summed E-state index contributed by atoms with van der Waals surface area (Å²) >= 11 is 5.92. The number of benzene rings is 1. The molecule has 0 aliphatic heterocycles. The molecule has 0 aliphatic carbocycles. The monoisotopic (exact) mass is 317 g/mol. The quantitative estimate of drug-likeness (QED) is 0.535. The predicted octanol–water partition coefficient (Wildman–Crippen LogP) is 3.34. The summed E-state index contributed by atoms with van der Waals surface area (Å²) < 4.78 is 10.4. The zero-order valence-corrected chi connectivity index (χ0v) is 12.7. The summed E-state index contributed by atoms with van der Waals surface area (Å²) in [5.74, 6) is -0.531. The van der Waals surface area contributed by atoms with Crippen molar-refractivity contribution < 1.29 is 13.9 Å². The van der Waals surface area contributed by atoms with Crippen LogP contribution < -0.4 is 5.43 Å². The lowest BCUT2D eigenvalue weighted by atomic mass is 10.1. The van der Waals surface area contributed by atoms with Crippen molar-refractivity contribution in [2.24, 2.45) is 0 Å². The van der Waals surface area contributed by atoms with Crippen molar-refractivity contribution in [2.45, 2.75) is 13.3 Å². The summed E-state index contributed by atoms with van der Waals surface area (Å²) in [5, 5.41) is 1.01. The first-order valence-corrected chi connectivity index (χ1v) is 7.07. The van der Waals surface area contributed by atoms with E-state index in [0.717, 1.165) is 0 Å². The van der Waals surface area contributed by atoms with Crippen LogP contribution in [0.4, 0.5) is 0 Å². The number of carbonyl (C=O) groups excluding carboxylic acids is 1. The van der Waals surface area contributed by atoms with E-state index >= 15 is 0 Å². The van der Waals surface area contributed by atoms with E-state index in [1.165, 1.54) is 19.2 Å². The first kappa shape index (κ1) is 14.5. The van der Waals surface area contributed by atoms with E-state index in [2.05, 4.69) is 4.98 Å². The molecule has 0 spiro atoms. The number of methoxy groups -OCH3 is 1. The Morgan fingerprint density at radius 1 is 1.32 bits per heavy atom. The van der Waals surface area contributed by atoms with Crippen LogP contribution in [0.3, 0.4) is 0 Å². The van der Waals surface area contributed by atoms with Gasteiger partial charge in [0.1, 0.15) is 5.58 Å². The molecule has 0 bridgehead atoms. The average Bonchev–Trinajstić information content (AvgIpc) is 2.54. The summed E-state index contributed by atoms with van der Waals surface area (Å²) in [6.45, 7) is 1.86. The standard InChI is InChI=1S/C16H12ClNO4/c1-3-12-9(16(20)21-2)7-11-14(19)10-6-8(17)4-5-13(10)22-15(11)18-12/h4-7H,3H2,1-2H3. The van der Waals surface area contributed by atoms with E-state index in [4.69, 9.17) is 20.8 Å². The van der Waals surface area contributed by atoms with Gasteiger partial charge in [-0.25, -0.2) is 9.78 Å². The van der Waals surface area contributed by atoms with Crippen molar-refractivity contribution in [3.05, 3.63) is 50.8 Å². The van der Waals surface area contributed by atoms with Gasteiger partial charge in [-0.1, -0.05) is 18.5 Å². The third-order valence-corrected chi connectivity index (χ3v) is 3.68. The Kier molecular flexibility index (Phi) is 3.58. The minimum atomic E-state index is -0.531. The number of rotatable bonds is 2. The van der Waals surface area contributed by atoms with Crippen molar-refractivity contribution in [3.63, 3.8) is 0 Å². The van der Waals surface area contributed by atoms with Gasteiger partial charge in [-0.2, -0.15) is 0 Å².